The normalized spacial score (nSPS) is 15.9. The summed E-state index contributed by atoms with van der Waals surface area (Å²) in [6, 6.07) is 4.67. The van der Waals surface area contributed by atoms with Crippen LogP contribution in [0.25, 0.3) is 5.65 Å². The van der Waals surface area contributed by atoms with Gasteiger partial charge in [0.15, 0.2) is 5.65 Å². The fourth-order valence-corrected chi connectivity index (χ4v) is 2.27. The van der Waals surface area contributed by atoms with E-state index in [1.54, 1.807) is 0 Å². The molecule has 2 aromatic heterocycles. The van der Waals surface area contributed by atoms with E-state index in [1.165, 1.54) is 5.56 Å². The van der Waals surface area contributed by atoms with Crippen molar-refractivity contribution in [3.05, 3.63) is 23.9 Å². The molecule has 0 aromatic carbocycles. The molecule has 3 heterocycles. The third-order valence-corrected chi connectivity index (χ3v) is 3.40. The molecule has 0 amide bonds. The molecule has 0 atom stereocenters. The van der Waals surface area contributed by atoms with Gasteiger partial charge in [-0.2, -0.15) is 4.98 Å². The Morgan fingerprint density at radius 1 is 1.50 bits per heavy atom. The van der Waals surface area contributed by atoms with Crippen molar-refractivity contribution in [2.24, 2.45) is 0 Å². The molecule has 0 saturated carbocycles. The van der Waals surface area contributed by atoms with Crippen LogP contribution in [-0.2, 0) is 0 Å². The Kier molecular flexibility index (Phi) is 2.91. The third-order valence-electron chi connectivity index (χ3n) is 3.40. The molecule has 1 saturated heterocycles. The molecule has 0 unspecified atom stereocenters. The summed E-state index contributed by atoms with van der Waals surface area (Å²) in [6.07, 6.45) is 3.09. The summed E-state index contributed by atoms with van der Waals surface area (Å²) in [5, 5.41) is 7.89. The van der Waals surface area contributed by atoms with Crippen LogP contribution in [0, 0.1) is 6.92 Å². The Morgan fingerprint density at radius 2 is 2.33 bits per heavy atom. The molecule has 5 nitrogen and oxygen atoms in total. The van der Waals surface area contributed by atoms with Crippen LogP contribution < -0.4 is 10.2 Å². The van der Waals surface area contributed by atoms with E-state index in [0.29, 0.717) is 6.04 Å². The maximum atomic E-state index is 4.65. The minimum Gasteiger partial charge on any atom is -0.334 e. The third kappa shape index (κ3) is 1.95. The van der Waals surface area contributed by atoms with Crippen LogP contribution in [-0.4, -0.2) is 40.3 Å². The van der Waals surface area contributed by atoms with Crippen LogP contribution in [0.5, 0.6) is 0 Å². The van der Waals surface area contributed by atoms with E-state index >= 15 is 0 Å². The van der Waals surface area contributed by atoms with Crippen molar-refractivity contribution in [2.45, 2.75) is 26.3 Å². The van der Waals surface area contributed by atoms with Gasteiger partial charge in [-0.05, 0) is 31.0 Å². The average molecular weight is 245 g/mol. The summed E-state index contributed by atoms with van der Waals surface area (Å²) in [5.74, 6) is 0.856. The molecule has 5 heteroatoms. The molecule has 18 heavy (non-hydrogen) atoms. The van der Waals surface area contributed by atoms with Gasteiger partial charge in [-0.1, -0.05) is 6.92 Å². The fourth-order valence-electron chi connectivity index (χ4n) is 2.27. The van der Waals surface area contributed by atoms with Gasteiger partial charge in [0.1, 0.15) is 0 Å². The Balaban J connectivity index is 1.95. The van der Waals surface area contributed by atoms with Gasteiger partial charge in [-0.15, -0.1) is 5.10 Å². The first-order valence-corrected chi connectivity index (χ1v) is 6.58. The zero-order valence-electron chi connectivity index (χ0n) is 10.9. The van der Waals surface area contributed by atoms with E-state index in [-0.39, 0.29) is 0 Å². The number of hydrogen-bond donors (Lipinski definition) is 1. The number of anilines is 1. The monoisotopic (exact) mass is 245 g/mol. The highest BCUT2D eigenvalue weighted by molar-refractivity contribution is 5.47. The van der Waals surface area contributed by atoms with Gasteiger partial charge in [0.25, 0.3) is 0 Å². The number of aromatic nitrogens is 3. The molecule has 0 bridgehead atoms. The van der Waals surface area contributed by atoms with Crippen LogP contribution in [0.2, 0.25) is 0 Å². The van der Waals surface area contributed by atoms with Crippen LogP contribution in [0.3, 0.4) is 0 Å². The number of nitrogens with one attached hydrogen (secondary N) is 1. The minimum atomic E-state index is 0.545. The number of rotatable bonds is 4. The van der Waals surface area contributed by atoms with Gasteiger partial charge in [0, 0.05) is 25.8 Å². The number of pyridine rings is 1. The Morgan fingerprint density at radius 3 is 3.00 bits per heavy atom. The van der Waals surface area contributed by atoms with Crippen molar-refractivity contribution in [2.75, 3.05) is 24.5 Å². The summed E-state index contributed by atoms with van der Waals surface area (Å²) in [4.78, 5) is 6.96. The first-order chi connectivity index (χ1) is 8.78. The number of hydrogen-bond acceptors (Lipinski definition) is 4. The second-order valence-corrected chi connectivity index (χ2v) is 4.92. The van der Waals surface area contributed by atoms with E-state index < -0.39 is 0 Å². The van der Waals surface area contributed by atoms with Crippen molar-refractivity contribution in [1.82, 2.24) is 19.9 Å². The van der Waals surface area contributed by atoms with E-state index in [9.17, 15) is 0 Å². The lowest BCUT2D eigenvalue weighted by atomic mass is 10.1. The zero-order chi connectivity index (χ0) is 12.5. The van der Waals surface area contributed by atoms with Crippen molar-refractivity contribution in [1.29, 1.82) is 0 Å². The van der Waals surface area contributed by atoms with Crippen LogP contribution in [0.15, 0.2) is 18.3 Å². The Hall–Kier alpha value is -1.62. The fraction of sp³-hybridized carbons (Fsp3) is 0.538. The summed E-state index contributed by atoms with van der Waals surface area (Å²) >= 11 is 0. The van der Waals surface area contributed by atoms with E-state index in [1.807, 2.05) is 10.7 Å². The summed E-state index contributed by atoms with van der Waals surface area (Å²) in [5.41, 5.74) is 2.15. The number of aryl methyl sites for hydroxylation is 1. The first kappa shape index (κ1) is 11.5. The topological polar surface area (TPSA) is 45.5 Å². The molecule has 1 fully saturated rings. The maximum absolute atomic E-state index is 4.65. The van der Waals surface area contributed by atoms with Crippen molar-refractivity contribution in [3.63, 3.8) is 0 Å². The summed E-state index contributed by atoms with van der Waals surface area (Å²) in [6.45, 7) is 7.36. The van der Waals surface area contributed by atoms with E-state index in [4.69, 9.17) is 0 Å². The van der Waals surface area contributed by atoms with Crippen molar-refractivity contribution in [3.8, 4) is 0 Å². The highest BCUT2D eigenvalue weighted by Gasteiger charge is 2.26. The van der Waals surface area contributed by atoms with Crippen LogP contribution in [0.4, 0.5) is 5.95 Å². The Bertz CT molecular complexity index is 543. The highest BCUT2D eigenvalue weighted by Crippen LogP contribution is 2.17. The maximum Gasteiger partial charge on any atom is 0.246 e. The quantitative estimate of drug-likeness (QED) is 0.880. The van der Waals surface area contributed by atoms with Gasteiger partial charge in [-0.25, -0.2) is 4.52 Å². The summed E-state index contributed by atoms with van der Waals surface area (Å²) < 4.78 is 1.86. The van der Waals surface area contributed by atoms with Gasteiger partial charge < -0.3 is 10.2 Å². The predicted molar refractivity (Wildman–Crippen MR) is 72.0 cm³/mol. The lowest BCUT2D eigenvalue weighted by Gasteiger charge is -2.37. The molecule has 1 aliphatic rings. The molecule has 2 aromatic rings. The SMILES string of the molecule is CCCN(c1nc2cc(C)ccn2n1)C1CNC1. The lowest BCUT2D eigenvalue weighted by Crippen LogP contribution is -2.58. The van der Waals surface area contributed by atoms with Crippen LogP contribution >= 0.6 is 0 Å². The second kappa shape index (κ2) is 4.57. The van der Waals surface area contributed by atoms with E-state index in [0.717, 1.165) is 37.7 Å². The standard InChI is InChI=1S/C13H19N5/c1-3-5-17(11-8-14-9-11)13-15-12-7-10(2)4-6-18(12)16-13/h4,6-7,11,14H,3,5,8-9H2,1-2H3. The molecule has 1 N–H and O–H groups in total. The van der Waals surface area contributed by atoms with E-state index in [2.05, 4.69) is 46.3 Å². The zero-order valence-corrected chi connectivity index (χ0v) is 10.9. The molecule has 0 spiro atoms. The average Bonchev–Trinajstić information content (AvgIpc) is 2.68. The van der Waals surface area contributed by atoms with Gasteiger partial charge in [0.05, 0.1) is 6.04 Å². The van der Waals surface area contributed by atoms with Crippen molar-refractivity contribution >= 4 is 11.6 Å². The highest BCUT2D eigenvalue weighted by atomic mass is 15.4. The van der Waals surface area contributed by atoms with Crippen LogP contribution in [0.1, 0.15) is 18.9 Å². The molecular weight excluding hydrogens is 226 g/mol. The lowest BCUT2D eigenvalue weighted by molar-refractivity contribution is 0.408. The molecule has 0 aliphatic carbocycles. The molecule has 0 radical (unpaired) electrons. The molecule has 3 rings (SSSR count). The second-order valence-electron chi connectivity index (χ2n) is 4.92. The minimum absolute atomic E-state index is 0.545. The van der Waals surface area contributed by atoms with Gasteiger partial charge in [0.2, 0.25) is 5.95 Å². The number of nitrogens with zero attached hydrogens (tertiary/aromatic N) is 4. The predicted octanol–water partition coefficient (Wildman–Crippen LogP) is 1.23. The van der Waals surface area contributed by atoms with Gasteiger partial charge in [-0.3, -0.25) is 0 Å². The molecule has 96 valence electrons. The molecular formula is C13H19N5. The van der Waals surface area contributed by atoms with Crippen molar-refractivity contribution < 1.29 is 0 Å². The largest absolute Gasteiger partial charge is 0.334 e. The molecule has 1 aliphatic heterocycles. The summed E-state index contributed by atoms with van der Waals surface area (Å²) in [7, 11) is 0. The Labute approximate surface area is 107 Å². The smallest absolute Gasteiger partial charge is 0.246 e. The first-order valence-electron chi connectivity index (χ1n) is 6.58. The number of fused-ring (bicyclic) bond motifs is 1. The van der Waals surface area contributed by atoms with Gasteiger partial charge >= 0.3 is 0 Å².